The van der Waals surface area contributed by atoms with E-state index in [1.54, 1.807) is 14.2 Å². The highest BCUT2D eigenvalue weighted by atomic mass is 16.5. The smallest absolute Gasteiger partial charge is 0.176 e. The number of nitrogens with one attached hydrogen (secondary N) is 1. The summed E-state index contributed by atoms with van der Waals surface area (Å²) in [5.41, 5.74) is 3.06. The minimum atomic E-state index is 0.540. The molecule has 0 bridgehead atoms. The summed E-state index contributed by atoms with van der Waals surface area (Å²) in [7, 11) is 3.38. The van der Waals surface area contributed by atoms with E-state index < -0.39 is 0 Å². The Bertz CT molecular complexity index is 602. The zero-order chi connectivity index (χ0) is 15.4. The first-order valence-electron chi connectivity index (χ1n) is 7.35. The molecular formula is C17H25NO3. The van der Waals surface area contributed by atoms with E-state index in [9.17, 15) is 0 Å². The van der Waals surface area contributed by atoms with Crippen LogP contribution in [0.3, 0.4) is 0 Å². The van der Waals surface area contributed by atoms with E-state index in [2.05, 4.69) is 32.2 Å². The standard InChI is InChI=1S/C17H25NO3/c1-11(2)8-18-9-16-14(10-19-4)13-6-12(3)7-15(20-5)17(13)21-16/h6-7,11,18H,8-10H2,1-5H3. The summed E-state index contributed by atoms with van der Waals surface area (Å²) in [5.74, 6) is 2.31. The summed E-state index contributed by atoms with van der Waals surface area (Å²) in [6, 6.07) is 4.12. The molecule has 0 aliphatic rings. The molecule has 1 aromatic heterocycles. The highest BCUT2D eigenvalue weighted by molar-refractivity contribution is 5.88. The normalized spacial score (nSPS) is 11.5. The Morgan fingerprint density at radius 1 is 1.24 bits per heavy atom. The zero-order valence-corrected chi connectivity index (χ0v) is 13.6. The average molecular weight is 291 g/mol. The molecule has 0 aliphatic heterocycles. The Labute approximate surface area is 126 Å². The molecule has 0 aliphatic carbocycles. The molecule has 0 saturated heterocycles. The SMILES string of the molecule is COCc1c(CNCC(C)C)oc2c(OC)cc(C)cc12. The Morgan fingerprint density at radius 3 is 2.62 bits per heavy atom. The zero-order valence-electron chi connectivity index (χ0n) is 13.6. The van der Waals surface area contributed by atoms with E-state index in [0.717, 1.165) is 40.2 Å². The molecule has 0 radical (unpaired) electrons. The van der Waals surface area contributed by atoms with Crippen molar-refractivity contribution >= 4 is 11.0 Å². The summed E-state index contributed by atoms with van der Waals surface area (Å²) in [6.07, 6.45) is 0. The minimum absolute atomic E-state index is 0.540. The van der Waals surface area contributed by atoms with E-state index >= 15 is 0 Å². The molecule has 0 spiro atoms. The van der Waals surface area contributed by atoms with Gasteiger partial charge in [0.25, 0.3) is 0 Å². The number of benzene rings is 1. The number of furan rings is 1. The van der Waals surface area contributed by atoms with Crippen molar-refractivity contribution in [2.75, 3.05) is 20.8 Å². The maximum atomic E-state index is 6.04. The van der Waals surface area contributed by atoms with Crippen LogP contribution in [0.4, 0.5) is 0 Å². The predicted octanol–water partition coefficient (Wildman–Crippen LogP) is 3.64. The summed E-state index contributed by atoms with van der Waals surface area (Å²) < 4.78 is 16.8. The molecule has 116 valence electrons. The molecule has 1 heterocycles. The van der Waals surface area contributed by atoms with Crippen LogP contribution < -0.4 is 10.1 Å². The van der Waals surface area contributed by atoms with Gasteiger partial charge in [-0.25, -0.2) is 0 Å². The van der Waals surface area contributed by atoms with Crippen LogP contribution in [0.2, 0.25) is 0 Å². The number of hydrogen-bond donors (Lipinski definition) is 1. The molecule has 1 aromatic carbocycles. The predicted molar refractivity (Wildman–Crippen MR) is 84.8 cm³/mol. The van der Waals surface area contributed by atoms with Gasteiger partial charge in [0, 0.05) is 18.1 Å². The first-order valence-corrected chi connectivity index (χ1v) is 7.35. The van der Waals surface area contributed by atoms with Crippen LogP contribution in [-0.2, 0) is 17.9 Å². The van der Waals surface area contributed by atoms with Crippen LogP contribution in [0, 0.1) is 12.8 Å². The molecule has 0 atom stereocenters. The van der Waals surface area contributed by atoms with Gasteiger partial charge in [-0.3, -0.25) is 0 Å². The molecule has 4 nitrogen and oxygen atoms in total. The lowest BCUT2D eigenvalue weighted by Gasteiger charge is -2.07. The lowest BCUT2D eigenvalue weighted by atomic mass is 10.1. The number of fused-ring (bicyclic) bond motifs is 1. The maximum Gasteiger partial charge on any atom is 0.176 e. The fourth-order valence-corrected chi connectivity index (χ4v) is 2.48. The minimum Gasteiger partial charge on any atom is -0.493 e. The molecule has 21 heavy (non-hydrogen) atoms. The van der Waals surface area contributed by atoms with Crippen molar-refractivity contribution in [1.29, 1.82) is 0 Å². The van der Waals surface area contributed by atoms with Gasteiger partial charge in [-0.2, -0.15) is 0 Å². The molecule has 1 N–H and O–H groups in total. The monoisotopic (exact) mass is 291 g/mol. The second kappa shape index (κ2) is 6.96. The quantitative estimate of drug-likeness (QED) is 0.846. The molecule has 2 rings (SSSR count). The molecule has 0 fully saturated rings. The van der Waals surface area contributed by atoms with E-state index in [0.29, 0.717) is 19.1 Å². The molecule has 0 unspecified atom stereocenters. The van der Waals surface area contributed by atoms with Gasteiger partial charge < -0.3 is 19.2 Å². The van der Waals surface area contributed by atoms with E-state index in [1.807, 2.05) is 6.07 Å². The van der Waals surface area contributed by atoms with Gasteiger partial charge in [0.2, 0.25) is 0 Å². The molecule has 2 aromatic rings. The van der Waals surface area contributed by atoms with E-state index in [4.69, 9.17) is 13.9 Å². The third-order valence-corrected chi connectivity index (χ3v) is 3.43. The van der Waals surface area contributed by atoms with Gasteiger partial charge in [-0.05, 0) is 37.1 Å². The van der Waals surface area contributed by atoms with Crippen LogP contribution in [0.5, 0.6) is 5.75 Å². The third-order valence-electron chi connectivity index (χ3n) is 3.43. The van der Waals surface area contributed by atoms with Crippen LogP contribution in [0.1, 0.15) is 30.7 Å². The summed E-state index contributed by atoms with van der Waals surface area (Å²) in [4.78, 5) is 0. The maximum absolute atomic E-state index is 6.04. The van der Waals surface area contributed by atoms with Crippen LogP contribution in [0.25, 0.3) is 11.0 Å². The topological polar surface area (TPSA) is 43.6 Å². The van der Waals surface area contributed by atoms with Crippen molar-refractivity contribution in [2.24, 2.45) is 5.92 Å². The average Bonchev–Trinajstić information content (AvgIpc) is 2.76. The summed E-state index contributed by atoms with van der Waals surface area (Å²) in [6.45, 7) is 8.64. The van der Waals surface area contributed by atoms with Gasteiger partial charge in [-0.15, -0.1) is 0 Å². The number of rotatable bonds is 7. The third kappa shape index (κ3) is 3.57. The van der Waals surface area contributed by atoms with Crippen molar-refractivity contribution < 1.29 is 13.9 Å². The van der Waals surface area contributed by atoms with Gasteiger partial charge in [-0.1, -0.05) is 13.8 Å². The van der Waals surface area contributed by atoms with Crippen molar-refractivity contribution in [3.8, 4) is 5.75 Å². The van der Waals surface area contributed by atoms with Gasteiger partial charge in [0.05, 0.1) is 20.3 Å². The Hall–Kier alpha value is -1.52. The Morgan fingerprint density at radius 2 is 2.00 bits per heavy atom. The Balaban J connectivity index is 2.41. The highest BCUT2D eigenvalue weighted by Gasteiger charge is 2.17. The number of aryl methyl sites for hydroxylation is 1. The van der Waals surface area contributed by atoms with Crippen LogP contribution in [-0.4, -0.2) is 20.8 Å². The largest absolute Gasteiger partial charge is 0.493 e. The van der Waals surface area contributed by atoms with E-state index in [-0.39, 0.29) is 0 Å². The van der Waals surface area contributed by atoms with Gasteiger partial charge in [0.15, 0.2) is 11.3 Å². The fraction of sp³-hybridized carbons (Fsp3) is 0.529. The number of hydrogen-bond acceptors (Lipinski definition) is 4. The van der Waals surface area contributed by atoms with Crippen molar-refractivity contribution in [3.05, 3.63) is 29.0 Å². The molecule has 0 saturated carbocycles. The second-order valence-corrected chi connectivity index (χ2v) is 5.81. The molecule has 0 amide bonds. The van der Waals surface area contributed by atoms with Crippen LogP contribution >= 0.6 is 0 Å². The first kappa shape index (κ1) is 15.9. The van der Waals surface area contributed by atoms with E-state index in [1.165, 1.54) is 0 Å². The number of methoxy groups -OCH3 is 2. The summed E-state index contributed by atoms with van der Waals surface area (Å²) >= 11 is 0. The lowest BCUT2D eigenvalue weighted by molar-refractivity contribution is 0.183. The first-order chi connectivity index (χ1) is 10.1. The summed E-state index contributed by atoms with van der Waals surface area (Å²) in [5, 5.41) is 4.50. The van der Waals surface area contributed by atoms with Crippen molar-refractivity contribution in [1.82, 2.24) is 5.32 Å². The number of ether oxygens (including phenoxy) is 2. The van der Waals surface area contributed by atoms with Crippen LogP contribution in [0.15, 0.2) is 16.5 Å². The van der Waals surface area contributed by atoms with Gasteiger partial charge in [0.1, 0.15) is 5.76 Å². The lowest BCUT2D eigenvalue weighted by Crippen LogP contribution is -2.19. The fourth-order valence-electron chi connectivity index (χ4n) is 2.48. The van der Waals surface area contributed by atoms with Gasteiger partial charge >= 0.3 is 0 Å². The Kier molecular flexibility index (Phi) is 5.26. The molecular weight excluding hydrogens is 266 g/mol. The van der Waals surface area contributed by atoms with Crippen molar-refractivity contribution in [3.63, 3.8) is 0 Å². The second-order valence-electron chi connectivity index (χ2n) is 5.81. The molecule has 4 heteroatoms. The highest BCUT2D eigenvalue weighted by Crippen LogP contribution is 2.34. The van der Waals surface area contributed by atoms with Crippen molar-refractivity contribution in [2.45, 2.75) is 33.9 Å².